The number of unbranched alkanes of at least 4 members (excludes halogenated alkanes) is 1. The minimum absolute atomic E-state index is 0.463. The smallest absolute Gasteiger partial charge is 0.0207 e. The normalized spacial score (nSPS) is 12.5. The fourth-order valence-electron chi connectivity index (χ4n) is 0.871. The topological polar surface area (TPSA) is 0 Å². The highest BCUT2D eigenvalue weighted by atomic mass is 33.1. The van der Waals surface area contributed by atoms with Gasteiger partial charge >= 0.3 is 0 Å². The van der Waals surface area contributed by atoms with Gasteiger partial charge < -0.3 is 0 Å². The minimum Gasteiger partial charge on any atom is -0.0908 e. The van der Waals surface area contributed by atoms with E-state index in [2.05, 4.69) is 34.6 Å². The molecule has 0 aliphatic carbocycles. The molecule has 2 heteroatoms. The molecule has 0 aliphatic rings. The van der Waals surface area contributed by atoms with E-state index in [0.717, 1.165) is 5.25 Å². The zero-order valence-electron chi connectivity index (χ0n) is 9.02. The van der Waals surface area contributed by atoms with Gasteiger partial charge in [0.05, 0.1) is 0 Å². The van der Waals surface area contributed by atoms with E-state index in [1.807, 2.05) is 21.6 Å². The van der Waals surface area contributed by atoms with Crippen molar-refractivity contribution in [2.24, 2.45) is 0 Å². The molecule has 0 unspecified atom stereocenters. The van der Waals surface area contributed by atoms with Gasteiger partial charge in [0.1, 0.15) is 0 Å². The van der Waals surface area contributed by atoms with Crippen molar-refractivity contribution in [2.45, 2.75) is 63.9 Å². The molecule has 12 heavy (non-hydrogen) atoms. The van der Waals surface area contributed by atoms with Crippen molar-refractivity contribution >= 4 is 21.6 Å². The molecule has 0 fully saturated rings. The molecule has 0 saturated carbocycles. The van der Waals surface area contributed by atoms with Crippen molar-refractivity contribution < 1.29 is 0 Å². The van der Waals surface area contributed by atoms with Crippen molar-refractivity contribution in [3.05, 3.63) is 0 Å². The van der Waals surface area contributed by atoms with Crippen molar-refractivity contribution in [2.75, 3.05) is 0 Å². The first-order valence-corrected chi connectivity index (χ1v) is 7.03. The van der Waals surface area contributed by atoms with Crippen LogP contribution < -0.4 is 0 Å². The highest BCUT2D eigenvalue weighted by Crippen LogP contribution is 2.40. The summed E-state index contributed by atoms with van der Waals surface area (Å²) >= 11 is 0. The van der Waals surface area contributed by atoms with E-state index >= 15 is 0 Å². The molecule has 0 saturated heterocycles. The highest BCUT2D eigenvalue weighted by molar-refractivity contribution is 8.77. The van der Waals surface area contributed by atoms with Crippen LogP contribution in [-0.2, 0) is 0 Å². The fraction of sp³-hybridized carbons (Fsp3) is 1.00. The zero-order valence-corrected chi connectivity index (χ0v) is 10.6. The third-order valence-corrected chi connectivity index (χ3v) is 5.53. The van der Waals surface area contributed by atoms with Crippen LogP contribution in [0.25, 0.3) is 0 Å². The van der Waals surface area contributed by atoms with Crippen molar-refractivity contribution in [1.82, 2.24) is 0 Å². The van der Waals surface area contributed by atoms with Gasteiger partial charge in [0.15, 0.2) is 0 Å². The molecule has 0 radical (unpaired) electrons. The molecule has 0 heterocycles. The SMILES string of the molecule is CCCCC(C)(C)SSC(C)C. The maximum atomic E-state index is 2.35. The number of rotatable bonds is 6. The molecule has 0 aliphatic heterocycles. The summed E-state index contributed by atoms with van der Waals surface area (Å²) in [5, 5.41) is 0.746. The van der Waals surface area contributed by atoms with E-state index in [4.69, 9.17) is 0 Å². The number of hydrogen-bond donors (Lipinski definition) is 0. The van der Waals surface area contributed by atoms with Crippen molar-refractivity contribution in [1.29, 1.82) is 0 Å². The summed E-state index contributed by atoms with van der Waals surface area (Å²) in [5.74, 6) is 0. The Hall–Kier alpha value is 0.700. The first-order chi connectivity index (χ1) is 5.48. The van der Waals surface area contributed by atoms with Gasteiger partial charge in [-0.2, -0.15) is 0 Å². The maximum absolute atomic E-state index is 2.35. The van der Waals surface area contributed by atoms with Gasteiger partial charge in [-0.15, -0.1) is 0 Å². The third kappa shape index (κ3) is 7.35. The van der Waals surface area contributed by atoms with Gasteiger partial charge in [-0.25, -0.2) is 0 Å². The van der Waals surface area contributed by atoms with E-state index in [-0.39, 0.29) is 0 Å². The molecule has 0 N–H and O–H groups in total. The lowest BCUT2D eigenvalue weighted by Gasteiger charge is -2.23. The Morgan fingerprint density at radius 1 is 1.25 bits per heavy atom. The largest absolute Gasteiger partial charge is 0.0908 e. The molecule has 0 bridgehead atoms. The molecule has 0 nitrogen and oxygen atoms in total. The average molecular weight is 206 g/mol. The second-order valence-electron chi connectivity index (χ2n) is 4.09. The average Bonchev–Trinajstić information content (AvgIpc) is 1.98. The van der Waals surface area contributed by atoms with Crippen LogP contribution in [0.2, 0.25) is 0 Å². The summed E-state index contributed by atoms with van der Waals surface area (Å²) in [6.07, 6.45) is 4.02. The summed E-state index contributed by atoms with van der Waals surface area (Å²) in [7, 11) is 4.05. The van der Waals surface area contributed by atoms with Gasteiger partial charge in [-0.3, -0.25) is 0 Å². The predicted octanol–water partition coefficient (Wildman–Crippen LogP) is 4.75. The highest BCUT2D eigenvalue weighted by Gasteiger charge is 2.18. The molecular formula is C10H22S2. The van der Waals surface area contributed by atoms with Crippen molar-refractivity contribution in [3.8, 4) is 0 Å². The maximum Gasteiger partial charge on any atom is 0.0207 e. The summed E-state index contributed by atoms with van der Waals surface area (Å²) in [5.41, 5.74) is 0. The standard InChI is InChI=1S/C10H22S2/c1-6-7-8-10(4,5)12-11-9(2)3/h9H,6-8H2,1-5H3. The van der Waals surface area contributed by atoms with E-state index in [1.54, 1.807) is 0 Å². The predicted molar refractivity (Wildman–Crippen MR) is 63.9 cm³/mol. The number of hydrogen-bond acceptors (Lipinski definition) is 2. The van der Waals surface area contributed by atoms with Crippen LogP contribution in [0.4, 0.5) is 0 Å². The van der Waals surface area contributed by atoms with E-state index in [1.165, 1.54) is 19.3 Å². The molecule has 0 aromatic carbocycles. The van der Waals surface area contributed by atoms with Crippen LogP contribution >= 0.6 is 21.6 Å². The molecular weight excluding hydrogens is 184 g/mol. The van der Waals surface area contributed by atoms with Crippen LogP contribution in [0.1, 0.15) is 53.9 Å². The second kappa shape index (κ2) is 6.20. The molecule has 74 valence electrons. The lowest BCUT2D eigenvalue weighted by atomic mass is 10.1. The Kier molecular flexibility index (Phi) is 6.56. The van der Waals surface area contributed by atoms with Crippen LogP contribution in [0, 0.1) is 0 Å². The van der Waals surface area contributed by atoms with E-state index < -0.39 is 0 Å². The Morgan fingerprint density at radius 3 is 2.25 bits per heavy atom. The third-order valence-electron chi connectivity index (χ3n) is 1.60. The molecule has 0 atom stereocenters. The summed E-state index contributed by atoms with van der Waals surface area (Å²) in [6.45, 7) is 11.5. The van der Waals surface area contributed by atoms with Gasteiger partial charge in [0.2, 0.25) is 0 Å². The lowest BCUT2D eigenvalue weighted by molar-refractivity contribution is 0.597. The Morgan fingerprint density at radius 2 is 1.83 bits per heavy atom. The summed E-state index contributed by atoms with van der Waals surface area (Å²) in [6, 6.07) is 0. The first kappa shape index (κ1) is 12.7. The van der Waals surface area contributed by atoms with E-state index in [9.17, 15) is 0 Å². The second-order valence-corrected chi connectivity index (χ2v) is 7.58. The monoisotopic (exact) mass is 206 g/mol. The Labute approximate surface area is 85.7 Å². The zero-order chi connectivity index (χ0) is 9.61. The van der Waals surface area contributed by atoms with Crippen LogP contribution in [-0.4, -0.2) is 10.00 Å². The van der Waals surface area contributed by atoms with Crippen molar-refractivity contribution in [3.63, 3.8) is 0 Å². The molecule has 0 spiro atoms. The fourth-order valence-corrected chi connectivity index (χ4v) is 3.16. The van der Waals surface area contributed by atoms with Gasteiger partial charge in [-0.1, -0.05) is 55.2 Å². The first-order valence-electron chi connectivity index (χ1n) is 4.82. The molecule has 0 aromatic heterocycles. The lowest BCUT2D eigenvalue weighted by Crippen LogP contribution is -2.13. The Balaban J connectivity index is 3.56. The minimum atomic E-state index is 0.463. The van der Waals surface area contributed by atoms with Crippen LogP contribution in [0.15, 0.2) is 0 Å². The van der Waals surface area contributed by atoms with E-state index in [0.29, 0.717) is 4.75 Å². The molecule has 0 aromatic rings. The van der Waals surface area contributed by atoms with Gasteiger partial charge in [0, 0.05) is 10.00 Å². The Bertz CT molecular complexity index is 108. The quantitative estimate of drug-likeness (QED) is 0.575. The summed E-state index contributed by atoms with van der Waals surface area (Å²) < 4.78 is 0.463. The van der Waals surface area contributed by atoms with Gasteiger partial charge in [-0.05, 0) is 20.3 Å². The van der Waals surface area contributed by atoms with Gasteiger partial charge in [0.25, 0.3) is 0 Å². The van der Waals surface area contributed by atoms with Crippen LogP contribution in [0.3, 0.4) is 0 Å². The summed E-state index contributed by atoms with van der Waals surface area (Å²) in [4.78, 5) is 0. The molecule has 0 rings (SSSR count). The van der Waals surface area contributed by atoms with Crippen LogP contribution in [0.5, 0.6) is 0 Å². The molecule has 0 amide bonds.